The van der Waals surface area contributed by atoms with Gasteiger partial charge in [0.2, 0.25) is 15.9 Å². The Hall–Kier alpha value is -1.73. The molecule has 1 amide bonds. The van der Waals surface area contributed by atoms with E-state index in [9.17, 15) is 18.0 Å². The minimum Gasteiger partial charge on any atom is -0.370 e. The molecule has 1 atom stereocenters. The van der Waals surface area contributed by atoms with E-state index in [0.717, 1.165) is 0 Å². The van der Waals surface area contributed by atoms with Crippen molar-refractivity contribution in [2.75, 3.05) is 0 Å². The summed E-state index contributed by atoms with van der Waals surface area (Å²) >= 11 is 0. The number of primary amides is 1. The van der Waals surface area contributed by atoms with Crippen LogP contribution in [0.15, 0.2) is 29.2 Å². The van der Waals surface area contributed by atoms with Gasteiger partial charge in [0.05, 0.1) is 4.90 Å². The molecule has 7 heteroatoms. The topological polar surface area (TPSA) is 106 Å². The number of nitrogens with one attached hydrogen (secondary N) is 1. The Labute approximate surface area is 118 Å². The van der Waals surface area contributed by atoms with Crippen LogP contribution in [0.1, 0.15) is 37.0 Å². The number of sulfonamides is 1. The first kappa shape index (κ1) is 16.3. The fraction of sp³-hybridized carbons (Fsp3) is 0.385. The number of Topliss-reactive ketones (excluding diaryl/α,β-unsaturated/α-hetero) is 1. The van der Waals surface area contributed by atoms with Gasteiger partial charge in [0, 0.05) is 24.4 Å². The van der Waals surface area contributed by atoms with Crippen molar-refractivity contribution in [1.29, 1.82) is 0 Å². The second kappa shape index (κ2) is 6.62. The van der Waals surface area contributed by atoms with E-state index in [1.165, 1.54) is 18.2 Å². The van der Waals surface area contributed by atoms with Crippen molar-refractivity contribution in [1.82, 2.24) is 4.72 Å². The normalized spacial score (nSPS) is 12.9. The number of carbonyl (C=O) groups is 2. The Morgan fingerprint density at radius 2 is 2.00 bits per heavy atom. The third-order valence-corrected chi connectivity index (χ3v) is 4.24. The molecule has 1 aromatic carbocycles. The van der Waals surface area contributed by atoms with Crippen LogP contribution in [0.5, 0.6) is 0 Å². The average Bonchev–Trinajstić information content (AvgIpc) is 2.36. The summed E-state index contributed by atoms with van der Waals surface area (Å²) in [5, 5.41) is 0. The summed E-state index contributed by atoms with van der Waals surface area (Å²) in [5.41, 5.74) is 5.36. The second-order valence-electron chi connectivity index (χ2n) is 4.50. The number of nitrogens with two attached hydrogens (primary N) is 1. The maximum Gasteiger partial charge on any atom is 0.240 e. The molecule has 0 aromatic heterocycles. The Morgan fingerprint density at radius 3 is 2.55 bits per heavy atom. The van der Waals surface area contributed by atoms with Crippen molar-refractivity contribution in [3.05, 3.63) is 29.8 Å². The molecule has 0 fully saturated rings. The largest absolute Gasteiger partial charge is 0.370 e. The Bertz CT molecular complexity index is 611. The summed E-state index contributed by atoms with van der Waals surface area (Å²) in [5.74, 6) is -0.720. The van der Waals surface area contributed by atoms with Gasteiger partial charge in [-0.3, -0.25) is 9.59 Å². The highest BCUT2D eigenvalue weighted by atomic mass is 32.2. The SMILES string of the molecule is CCC(=O)c1cccc(S(=O)(=O)NC(C)CC(N)=O)c1. The average molecular weight is 298 g/mol. The van der Waals surface area contributed by atoms with Crippen molar-refractivity contribution in [2.24, 2.45) is 5.73 Å². The highest BCUT2D eigenvalue weighted by Gasteiger charge is 2.19. The van der Waals surface area contributed by atoms with E-state index in [1.807, 2.05) is 0 Å². The Kier molecular flexibility index (Phi) is 5.41. The van der Waals surface area contributed by atoms with Gasteiger partial charge in [0.25, 0.3) is 0 Å². The van der Waals surface area contributed by atoms with Crippen molar-refractivity contribution in [3.8, 4) is 0 Å². The van der Waals surface area contributed by atoms with Gasteiger partial charge < -0.3 is 5.73 Å². The van der Waals surface area contributed by atoms with E-state index in [1.54, 1.807) is 19.9 Å². The van der Waals surface area contributed by atoms with Crippen LogP contribution in [-0.2, 0) is 14.8 Å². The molecular weight excluding hydrogens is 280 g/mol. The summed E-state index contributed by atoms with van der Waals surface area (Å²) in [7, 11) is -3.78. The molecule has 0 saturated carbocycles. The van der Waals surface area contributed by atoms with Gasteiger partial charge in [0.1, 0.15) is 0 Å². The zero-order valence-corrected chi connectivity index (χ0v) is 12.2. The molecule has 1 aromatic rings. The van der Waals surface area contributed by atoms with Gasteiger partial charge in [0.15, 0.2) is 5.78 Å². The van der Waals surface area contributed by atoms with Crippen LogP contribution < -0.4 is 10.5 Å². The standard InChI is InChI=1S/C13H18N2O4S/c1-3-12(16)10-5-4-6-11(8-10)20(18,19)15-9(2)7-13(14)17/h4-6,8-9,15H,3,7H2,1-2H3,(H2,14,17). The van der Waals surface area contributed by atoms with E-state index in [0.29, 0.717) is 12.0 Å². The van der Waals surface area contributed by atoms with Gasteiger partial charge in [-0.05, 0) is 19.1 Å². The molecule has 0 aliphatic heterocycles. The first-order valence-corrected chi connectivity index (χ1v) is 7.68. The smallest absolute Gasteiger partial charge is 0.240 e. The Morgan fingerprint density at radius 1 is 1.35 bits per heavy atom. The molecule has 1 unspecified atom stereocenters. The highest BCUT2D eigenvalue weighted by molar-refractivity contribution is 7.89. The van der Waals surface area contributed by atoms with Crippen LogP contribution in [0.25, 0.3) is 0 Å². The molecule has 110 valence electrons. The summed E-state index contributed by atoms with van der Waals surface area (Å²) < 4.78 is 26.6. The van der Waals surface area contributed by atoms with Crippen LogP contribution in [0.3, 0.4) is 0 Å². The molecule has 20 heavy (non-hydrogen) atoms. The number of benzene rings is 1. The fourth-order valence-electron chi connectivity index (χ4n) is 1.72. The van der Waals surface area contributed by atoms with Crippen molar-refractivity contribution in [3.63, 3.8) is 0 Å². The molecule has 0 aliphatic carbocycles. The Balaban J connectivity index is 2.98. The third kappa shape index (κ3) is 4.43. The van der Waals surface area contributed by atoms with Gasteiger partial charge in [-0.25, -0.2) is 13.1 Å². The fourth-order valence-corrected chi connectivity index (χ4v) is 3.01. The molecule has 0 saturated heterocycles. The lowest BCUT2D eigenvalue weighted by molar-refractivity contribution is -0.118. The van der Waals surface area contributed by atoms with Crippen LogP contribution >= 0.6 is 0 Å². The van der Waals surface area contributed by atoms with E-state index in [2.05, 4.69) is 4.72 Å². The number of hydrogen-bond acceptors (Lipinski definition) is 4. The van der Waals surface area contributed by atoms with Gasteiger partial charge in [-0.2, -0.15) is 0 Å². The van der Waals surface area contributed by atoms with Crippen molar-refractivity contribution >= 4 is 21.7 Å². The van der Waals surface area contributed by atoms with E-state index < -0.39 is 22.0 Å². The predicted octanol–water partition coefficient (Wildman–Crippen LogP) is 0.822. The van der Waals surface area contributed by atoms with Crippen LogP contribution in [0, 0.1) is 0 Å². The first-order valence-electron chi connectivity index (χ1n) is 6.20. The zero-order valence-electron chi connectivity index (χ0n) is 11.4. The molecule has 1 rings (SSSR count). The molecule has 3 N–H and O–H groups in total. The van der Waals surface area contributed by atoms with Crippen LogP contribution in [-0.4, -0.2) is 26.2 Å². The molecular formula is C13H18N2O4S. The van der Waals surface area contributed by atoms with Crippen LogP contribution in [0.2, 0.25) is 0 Å². The molecule has 6 nitrogen and oxygen atoms in total. The number of carbonyl (C=O) groups excluding carboxylic acids is 2. The van der Waals surface area contributed by atoms with E-state index in [-0.39, 0.29) is 17.1 Å². The van der Waals surface area contributed by atoms with Gasteiger partial charge in [-0.15, -0.1) is 0 Å². The maximum absolute atomic E-state index is 12.1. The van der Waals surface area contributed by atoms with E-state index in [4.69, 9.17) is 5.73 Å². The minimum absolute atomic E-state index is 0.00637. The predicted molar refractivity (Wildman–Crippen MR) is 74.7 cm³/mol. The molecule has 0 spiro atoms. The van der Waals surface area contributed by atoms with Crippen LogP contribution in [0.4, 0.5) is 0 Å². The first-order chi connectivity index (χ1) is 9.26. The summed E-state index contributed by atoms with van der Waals surface area (Å²) in [6.45, 7) is 3.25. The number of hydrogen-bond donors (Lipinski definition) is 2. The zero-order chi connectivity index (χ0) is 15.3. The lowest BCUT2D eigenvalue weighted by Gasteiger charge is -2.13. The maximum atomic E-state index is 12.1. The lowest BCUT2D eigenvalue weighted by Crippen LogP contribution is -2.35. The summed E-state index contributed by atoms with van der Waals surface area (Å²) in [6.07, 6.45) is 0.210. The summed E-state index contributed by atoms with van der Waals surface area (Å²) in [4.78, 5) is 22.3. The molecule has 0 heterocycles. The third-order valence-electron chi connectivity index (χ3n) is 2.65. The summed E-state index contributed by atoms with van der Waals surface area (Å²) in [6, 6.07) is 5.19. The number of amides is 1. The molecule has 0 bridgehead atoms. The molecule has 0 aliphatic rings. The second-order valence-corrected chi connectivity index (χ2v) is 6.21. The van der Waals surface area contributed by atoms with E-state index >= 15 is 0 Å². The minimum atomic E-state index is -3.78. The monoisotopic (exact) mass is 298 g/mol. The van der Waals surface area contributed by atoms with Gasteiger partial charge in [-0.1, -0.05) is 19.1 Å². The quantitative estimate of drug-likeness (QED) is 0.727. The van der Waals surface area contributed by atoms with Gasteiger partial charge >= 0.3 is 0 Å². The van der Waals surface area contributed by atoms with Crippen molar-refractivity contribution < 1.29 is 18.0 Å². The molecule has 0 radical (unpaired) electrons. The number of ketones is 1. The number of rotatable bonds is 7. The highest BCUT2D eigenvalue weighted by Crippen LogP contribution is 2.13. The lowest BCUT2D eigenvalue weighted by atomic mass is 10.1. The van der Waals surface area contributed by atoms with Crippen molar-refractivity contribution in [2.45, 2.75) is 37.6 Å².